The van der Waals surface area contributed by atoms with Crippen molar-refractivity contribution in [3.8, 4) is 11.5 Å². The molecule has 0 bridgehead atoms. The Balaban J connectivity index is 2.33. The van der Waals surface area contributed by atoms with Crippen LogP contribution in [0.15, 0.2) is 24.4 Å². The molecule has 1 N–H and O–H groups in total. The third-order valence-corrected chi connectivity index (χ3v) is 2.86. The number of pyridine rings is 1. The topological polar surface area (TPSA) is 42.4 Å². The van der Waals surface area contributed by atoms with Crippen molar-refractivity contribution >= 4 is 22.4 Å². The van der Waals surface area contributed by atoms with Gasteiger partial charge in [-0.3, -0.25) is 0 Å². The van der Waals surface area contributed by atoms with Crippen molar-refractivity contribution in [1.82, 2.24) is 4.98 Å². The van der Waals surface area contributed by atoms with E-state index in [4.69, 9.17) is 16.3 Å². The summed E-state index contributed by atoms with van der Waals surface area (Å²) in [5, 5.41) is 11.4. The fourth-order valence-corrected chi connectivity index (χ4v) is 1.80. The molecule has 90 valence electrons. The van der Waals surface area contributed by atoms with Crippen molar-refractivity contribution in [3.63, 3.8) is 0 Å². The number of aromatic nitrogens is 1. The first-order valence-electron chi connectivity index (χ1n) is 5.62. The van der Waals surface area contributed by atoms with Gasteiger partial charge in [0.1, 0.15) is 16.7 Å². The molecule has 17 heavy (non-hydrogen) atoms. The fourth-order valence-electron chi connectivity index (χ4n) is 1.60. The van der Waals surface area contributed by atoms with E-state index in [-0.39, 0.29) is 5.75 Å². The molecule has 0 aliphatic heterocycles. The van der Waals surface area contributed by atoms with Gasteiger partial charge in [-0.1, -0.05) is 24.9 Å². The van der Waals surface area contributed by atoms with Gasteiger partial charge in [0.15, 0.2) is 0 Å². The van der Waals surface area contributed by atoms with Crippen LogP contribution in [0.5, 0.6) is 11.5 Å². The molecule has 1 heterocycles. The minimum absolute atomic E-state index is 0.129. The zero-order chi connectivity index (χ0) is 12.3. The van der Waals surface area contributed by atoms with Gasteiger partial charge >= 0.3 is 0 Å². The maximum absolute atomic E-state index is 9.64. The quantitative estimate of drug-likeness (QED) is 0.664. The molecule has 0 saturated heterocycles. The predicted octanol–water partition coefficient (Wildman–Crippen LogP) is 3.77. The zero-order valence-electron chi connectivity index (χ0n) is 9.61. The number of aromatic hydroxyl groups is 1. The van der Waals surface area contributed by atoms with Gasteiger partial charge in [-0.05, 0) is 24.6 Å². The Morgan fingerprint density at radius 2 is 2.18 bits per heavy atom. The molecule has 0 aliphatic carbocycles. The third kappa shape index (κ3) is 2.61. The lowest BCUT2D eigenvalue weighted by Crippen LogP contribution is -1.96. The highest BCUT2D eigenvalue weighted by Crippen LogP contribution is 2.31. The summed E-state index contributed by atoms with van der Waals surface area (Å²) in [7, 11) is 0. The van der Waals surface area contributed by atoms with Crippen LogP contribution in [0.3, 0.4) is 0 Å². The number of unbranched alkanes of at least 4 members (excludes halogenated alkanes) is 1. The van der Waals surface area contributed by atoms with Crippen LogP contribution in [0.25, 0.3) is 10.8 Å². The van der Waals surface area contributed by atoms with E-state index in [2.05, 4.69) is 11.9 Å². The SMILES string of the molecule is CCCCOc1ccc2c(O)cnc(Cl)c2c1. The second-order valence-corrected chi connectivity index (χ2v) is 4.20. The number of nitrogens with zero attached hydrogens (tertiary/aromatic N) is 1. The van der Waals surface area contributed by atoms with Crippen LogP contribution in [0.1, 0.15) is 19.8 Å². The second-order valence-electron chi connectivity index (χ2n) is 3.84. The molecule has 0 amide bonds. The highest BCUT2D eigenvalue weighted by molar-refractivity contribution is 6.34. The van der Waals surface area contributed by atoms with Gasteiger partial charge in [0.2, 0.25) is 0 Å². The van der Waals surface area contributed by atoms with Crippen LogP contribution >= 0.6 is 11.6 Å². The Kier molecular flexibility index (Phi) is 3.69. The van der Waals surface area contributed by atoms with E-state index < -0.39 is 0 Å². The molecule has 0 saturated carbocycles. The van der Waals surface area contributed by atoms with Crippen molar-refractivity contribution in [1.29, 1.82) is 0 Å². The number of benzene rings is 1. The summed E-state index contributed by atoms with van der Waals surface area (Å²) in [6, 6.07) is 5.42. The molecule has 0 spiro atoms. The Hall–Kier alpha value is -1.48. The van der Waals surface area contributed by atoms with Gasteiger partial charge in [-0.2, -0.15) is 0 Å². The summed E-state index contributed by atoms with van der Waals surface area (Å²) < 4.78 is 5.58. The fraction of sp³-hybridized carbons (Fsp3) is 0.308. The summed E-state index contributed by atoms with van der Waals surface area (Å²) in [6.45, 7) is 2.80. The molecule has 0 aliphatic rings. The van der Waals surface area contributed by atoms with E-state index in [0.717, 1.165) is 18.6 Å². The molecular formula is C13H14ClNO2. The maximum Gasteiger partial charge on any atom is 0.141 e. The first-order valence-corrected chi connectivity index (χ1v) is 6.00. The van der Waals surface area contributed by atoms with Crippen molar-refractivity contribution < 1.29 is 9.84 Å². The average molecular weight is 252 g/mol. The molecule has 4 heteroatoms. The predicted molar refractivity (Wildman–Crippen MR) is 68.8 cm³/mol. The molecule has 0 radical (unpaired) electrons. The largest absolute Gasteiger partial charge is 0.506 e. The van der Waals surface area contributed by atoms with Gasteiger partial charge in [0, 0.05) is 10.8 Å². The van der Waals surface area contributed by atoms with Crippen molar-refractivity contribution in [2.75, 3.05) is 6.61 Å². The maximum atomic E-state index is 9.64. The van der Waals surface area contributed by atoms with E-state index in [9.17, 15) is 5.11 Å². The molecule has 0 unspecified atom stereocenters. The highest BCUT2D eigenvalue weighted by atomic mass is 35.5. The number of hydrogen-bond donors (Lipinski definition) is 1. The average Bonchev–Trinajstić information content (AvgIpc) is 2.34. The molecule has 2 rings (SSSR count). The van der Waals surface area contributed by atoms with Crippen LogP contribution < -0.4 is 4.74 Å². The van der Waals surface area contributed by atoms with E-state index >= 15 is 0 Å². The molecule has 1 aromatic carbocycles. The Morgan fingerprint density at radius 3 is 2.94 bits per heavy atom. The van der Waals surface area contributed by atoms with Crippen molar-refractivity contribution in [3.05, 3.63) is 29.5 Å². The summed E-state index contributed by atoms with van der Waals surface area (Å²) in [5.41, 5.74) is 0. The Labute approximate surface area is 105 Å². The lowest BCUT2D eigenvalue weighted by atomic mass is 10.1. The van der Waals surface area contributed by atoms with Gasteiger partial charge in [0.25, 0.3) is 0 Å². The summed E-state index contributed by atoms with van der Waals surface area (Å²) in [4.78, 5) is 3.90. The third-order valence-electron chi connectivity index (χ3n) is 2.56. The summed E-state index contributed by atoms with van der Waals surface area (Å²) in [6.07, 6.45) is 3.46. The first-order chi connectivity index (χ1) is 8.22. The van der Waals surface area contributed by atoms with E-state index in [0.29, 0.717) is 22.5 Å². The smallest absolute Gasteiger partial charge is 0.141 e. The van der Waals surface area contributed by atoms with Gasteiger partial charge in [-0.15, -0.1) is 0 Å². The van der Waals surface area contributed by atoms with Crippen molar-refractivity contribution in [2.45, 2.75) is 19.8 Å². The molecule has 2 aromatic rings. The lowest BCUT2D eigenvalue weighted by Gasteiger charge is -2.07. The minimum atomic E-state index is 0.129. The monoisotopic (exact) mass is 251 g/mol. The standard InChI is InChI=1S/C13H14ClNO2/c1-2-3-6-17-9-4-5-10-11(7-9)13(14)15-8-12(10)16/h4-5,7-8,16H,2-3,6H2,1H3. The second kappa shape index (κ2) is 5.23. The summed E-state index contributed by atoms with van der Waals surface area (Å²) >= 11 is 5.98. The van der Waals surface area contributed by atoms with Crippen LogP contribution in [-0.4, -0.2) is 16.7 Å². The Bertz CT molecular complexity index is 528. The molecule has 1 aromatic heterocycles. The number of halogens is 1. The van der Waals surface area contributed by atoms with Crippen molar-refractivity contribution in [2.24, 2.45) is 0 Å². The molecule has 0 atom stereocenters. The molecule has 0 fully saturated rings. The minimum Gasteiger partial charge on any atom is -0.506 e. The molecule has 3 nitrogen and oxygen atoms in total. The Morgan fingerprint density at radius 1 is 1.35 bits per heavy atom. The normalized spacial score (nSPS) is 10.7. The van der Waals surface area contributed by atoms with Gasteiger partial charge < -0.3 is 9.84 Å². The van der Waals surface area contributed by atoms with Crippen LogP contribution in [0, 0.1) is 0 Å². The number of ether oxygens (including phenoxy) is 1. The van der Waals surface area contributed by atoms with E-state index in [1.54, 1.807) is 12.1 Å². The first kappa shape index (κ1) is 12.0. The molecular weight excluding hydrogens is 238 g/mol. The van der Waals surface area contributed by atoms with E-state index in [1.807, 2.05) is 6.07 Å². The highest BCUT2D eigenvalue weighted by Gasteiger charge is 2.06. The summed E-state index contributed by atoms with van der Waals surface area (Å²) in [5.74, 6) is 0.879. The van der Waals surface area contributed by atoms with Crippen LogP contribution in [0.2, 0.25) is 5.15 Å². The number of fused-ring (bicyclic) bond motifs is 1. The number of rotatable bonds is 4. The number of hydrogen-bond acceptors (Lipinski definition) is 3. The van der Waals surface area contributed by atoms with E-state index in [1.165, 1.54) is 6.20 Å². The van der Waals surface area contributed by atoms with Crippen LogP contribution in [-0.2, 0) is 0 Å². The van der Waals surface area contributed by atoms with Gasteiger partial charge in [0.05, 0.1) is 12.8 Å². The lowest BCUT2D eigenvalue weighted by molar-refractivity contribution is 0.310. The van der Waals surface area contributed by atoms with Crippen LogP contribution in [0.4, 0.5) is 0 Å². The zero-order valence-corrected chi connectivity index (χ0v) is 10.4. The van der Waals surface area contributed by atoms with Gasteiger partial charge in [-0.25, -0.2) is 4.98 Å².